The average molecular weight is 304 g/mol. The fourth-order valence-corrected chi connectivity index (χ4v) is 2.93. The number of thiophene rings is 1. The molecule has 0 bridgehead atoms. The van der Waals surface area contributed by atoms with Crippen molar-refractivity contribution in [2.45, 2.75) is 32.0 Å². The van der Waals surface area contributed by atoms with Gasteiger partial charge in [-0.25, -0.2) is 0 Å². The van der Waals surface area contributed by atoms with Crippen LogP contribution < -0.4 is 11.1 Å². The molecule has 112 valence electrons. The molecule has 4 nitrogen and oxygen atoms in total. The van der Waals surface area contributed by atoms with Crippen LogP contribution in [0.4, 0.5) is 0 Å². The summed E-state index contributed by atoms with van der Waals surface area (Å²) in [5.74, 6) is -0.398. The zero-order valence-electron chi connectivity index (χ0n) is 12.0. The Morgan fingerprint density at radius 1 is 1.38 bits per heavy atom. The Morgan fingerprint density at radius 3 is 2.71 bits per heavy atom. The van der Waals surface area contributed by atoms with Crippen molar-refractivity contribution in [3.05, 3.63) is 57.8 Å². The van der Waals surface area contributed by atoms with Gasteiger partial charge in [-0.05, 0) is 25.0 Å². The first kappa shape index (κ1) is 15.7. The molecule has 21 heavy (non-hydrogen) atoms. The summed E-state index contributed by atoms with van der Waals surface area (Å²) in [6.45, 7) is 2.70. The van der Waals surface area contributed by atoms with Crippen LogP contribution in [-0.4, -0.2) is 17.1 Å². The third-order valence-electron chi connectivity index (χ3n) is 3.32. The summed E-state index contributed by atoms with van der Waals surface area (Å²) in [5, 5.41) is 15.3. The number of rotatable bonds is 7. The van der Waals surface area contributed by atoms with Crippen LogP contribution in [0.2, 0.25) is 0 Å². The standard InChI is InChI=1S/C16H20N2O2S/c1-11(7-15(19)12-5-3-2-4-6-12)18-9-14-8-13(10-21-14)16(17)20/h2-6,8,10-11,15,18-19H,7,9H2,1H3,(H2,17,20). The molecule has 1 amide bonds. The van der Waals surface area contributed by atoms with E-state index in [9.17, 15) is 9.90 Å². The zero-order valence-corrected chi connectivity index (χ0v) is 12.8. The highest BCUT2D eigenvalue weighted by Gasteiger charge is 2.12. The Hall–Kier alpha value is -1.69. The lowest BCUT2D eigenvalue weighted by atomic mass is 10.0. The number of benzene rings is 1. The predicted octanol–water partition coefficient (Wildman–Crippen LogP) is 2.45. The van der Waals surface area contributed by atoms with E-state index in [1.807, 2.05) is 37.3 Å². The maximum Gasteiger partial charge on any atom is 0.249 e. The lowest BCUT2D eigenvalue weighted by Gasteiger charge is -2.17. The Kier molecular flexibility index (Phi) is 5.50. The molecule has 0 saturated heterocycles. The second-order valence-electron chi connectivity index (χ2n) is 5.11. The minimum atomic E-state index is -0.474. The van der Waals surface area contributed by atoms with Crippen LogP contribution in [0, 0.1) is 0 Å². The second kappa shape index (κ2) is 7.36. The van der Waals surface area contributed by atoms with Crippen LogP contribution in [0.1, 0.15) is 40.2 Å². The summed E-state index contributed by atoms with van der Waals surface area (Å²) in [6, 6.07) is 11.6. The highest BCUT2D eigenvalue weighted by atomic mass is 32.1. The van der Waals surface area contributed by atoms with Crippen LogP contribution in [0.15, 0.2) is 41.8 Å². The van der Waals surface area contributed by atoms with Crippen LogP contribution in [0.5, 0.6) is 0 Å². The molecule has 2 aromatic rings. The number of amides is 1. The van der Waals surface area contributed by atoms with Gasteiger partial charge in [0.15, 0.2) is 0 Å². The van der Waals surface area contributed by atoms with E-state index in [4.69, 9.17) is 5.73 Å². The van der Waals surface area contributed by atoms with Crippen LogP contribution in [-0.2, 0) is 6.54 Å². The molecular weight excluding hydrogens is 284 g/mol. The molecule has 1 aromatic heterocycles. The summed E-state index contributed by atoms with van der Waals surface area (Å²) >= 11 is 1.51. The molecule has 0 radical (unpaired) electrons. The van der Waals surface area contributed by atoms with Gasteiger partial charge in [0, 0.05) is 22.8 Å². The van der Waals surface area contributed by atoms with Gasteiger partial charge in [-0.1, -0.05) is 30.3 Å². The van der Waals surface area contributed by atoms with Crippen molar-refractivity contribution in [1.82, 2.24) is 5.32 Å². The van der Waals surface area contributed by atoms with E-state index < -0.39 is 12.0 Å². The number of carbonyl (C=O) groups is 1. The Labute approximate surface area is 128 Å². The summed E-state index contributed by atoms with van der Waals surface area (Å²) in [5.41, 5.74) is 6.71. The van der Waals surface area contributed by atoms with Gasteiger partial charge in [0.05, 0.1) is 11.7 Å². The van der Waals surface area contributed by atoms with Gasteiger partial charge >= 0.3 is 0 Å². The number of hydrogen-bond acceptors (Lipinski definition) is 4. The Bertz CT molecular complexity index is 583. The van der Waals surface area contributed by atoms with Crippen molar-refractivity contribution in [2.24, 2.45) is 5.73 Å². The van der Waals surface area contributed by atoms with Crippen molar-refractivity contribution in [3.8, 4) is 0 Å². The molecule has 0 saturated carbocycles. The van der Waals surface area contributed by atoms with E-state index in [1.165, 1.54) is 11.3 Å². The maximum atomic E-state index is 11.0. The van der Waals surface area contributed by atoms with Gasteiger partial charge in [-0.2, -0.15) is 0 Å². The molecule has 0 aliphatic heterocycles. The fourth-order valence-electron chi connectivity index (χ4n) is 2.11. The van der Waals surface area contributed by atoms with Gasteiger partial charge in [0.25, 0.3) is 0 Å². The molecule has 0 fully saturated rings. The van der Waals surface area contributed by atoms with Crippen LogP contribution in [0.25, 0.3) is 0 Å². The number of hydrogen-bond donors (Lipinski definition) is 3. The number of primary amides is 1. The molecule has 2 atom stereocenters. The monoisotopic (exact) mass is 304 g/mol. The van der Waals surface area contributed by atoms with Gasteiger partial charge in [-0.3, -0.25) is 4.79 Å². The molecule has 0 aliphatic rings. The van der Waals surface area contributed by atoms with E-state index in [0.29, 0.717) is 18.5 Å². The quantitative estimate of drug-likeness (QED) is 0.735. The normalized spacial score (nSPS) is 13.8. The third-order valence-corrected chi connectivity index (χ3v) is 4.26. The van der Waals surface area contributed by atoms with Gasteiger partial charge < -0.3 is 16.2 Å². The highest BCUT2D eigenvalue weighted by molar-refractivity contribution is 7.10. The Balaban J connectivity index is 1.81. The smallest absolute Gasteiger partial charge is 0.249 e. The second-order valence-corrected chi connectivity index (χ2v) is 6.11. The summed E-state index contributed by atoms with van der Waals surface area (Å²) in [7, 11) is 0. The molecule has 5 heteroatoms. The van der Waals surface area contributed by atoms with Crippen molar-refractivity contribution in [1.29, 1.82) is 0 Å². The Morgan fingerprint density at radius 2 is 2.10 bits per heavy atom. The van der Waals surface area contributed by atoms with Crippen molar-refractivity contribution >= 4 is 17.2 Å². The van der Waals surface area contributed by atoms with E-state index >= 15 is 0 Å². The predicted molar refractivity (Wildman–Crippen MR) is 85.2 cm³/mol. The van der Waals surface area contributed by atoms with Crippen molar-refractivity contribution < 1.29 is 9.90 Å². The molecule has 2 unspecified atom stereocenters. The minimum absolute atomic E-state index is 0.166. The molecule has 1 heterocycles. The molecule has 1 aromatic carbocycles. The first-order valence-electron chi connectivity index (χ1n) is 6.90. The zero-order chi connectivity index (χ0) is 15.2. The molecule has 4 N–H and O–H groups in total. The van der Waals surface area contributed by atoms with Crippen molar-refractivity contribution in [2.75, 3.05) is 0 Å². The summed E-state index contributed by atoms with van der Waals surface area (Å²) in [6.07, 6.45) is 0.163. The molecule has 0 spiro atoms. The van der Waals surface area contributed by atoms with E-state index in [1.54, 1.807) is 11.4 Å². The first-order chi connectivity index (χ1) is 10.1. The number of aliphatic hydroxyl groups is 1. The summed E-state index contributed by atoms with van der Waals surface area (Å²) < 4.78 is 0. The number of nitrogens with one attached hydrogen (secondary N) is 1. The SMILES string of the molecule is CC(CC(O)c1ccccc1)NCc1cc(C(N)=O)cs1. The topological polar surface area (TPSA) is 75.3 Å². The molecule has 0 aliphatic carbocycles. The maximum absolute atomic E-state index is 11.0. The minimum Gasteiger partial charge on any atom is -0.388 e. The van der Waals surface area contributed by atoms with Gasteiger partial charge in [0.2, 0.25) is 5.91 Å². The molecular formula is C16H20N2O2S. The number of nitrogens with two attached hydrogens (primary N) is 1. The van der Waals surface area contributed by atoms with Crippen LogP contribution >= 0.6 is 11.3 Å². The van der Waals surface area contributed by atoms with Gasteiger partial charge in [-0.15, -0.1) is 11.3 Å². The fraction of sp³-hybridized carbons (Fsp3) is 0.312. The van der Waals surface area contributed by atoms with Crippen molar-refractivity contribution in [3.63, 3.8) is 0 Å². The lowest BCUT2D eigenvalue weighted by Crippen LogP contribution is -2.27. The number of carbonyl (C=O) groups excluding carboxylic acids is 1. The lowest BCUT2D eigenvalue weighted by molar-refractivity contribution is 0.100. The van der Waals surface area contributed by atoms with E-state index in [2.05, 4.69) is 5.32 Å². The van der Waals surface area contributed by atoms with Gasteiger partial charge in [0.1, 0.15) is 0 Å². The third kappa shape index (κ3) is 4.67. The first-order valence-corrected chi connectivity index (χ1v) is 7.78. The van der Waals surface area contributed by atoms with E-state index in [-0.39, 0.29) is 6.04 Å². The highest BCUT2D eigenvalue weighted by Crippen LogP contribution is 2.19. The van der Waals surface area contributed by atoms with E-state index in [0.717, 1.165) is 10.4 Å². The van der Waals surface area contributed by atoms with Crippen LogP contribution in [0.3, 0.4) is 0 Å². The molecule has 2 rings (SSSR count). The largest absolute Gasteiger partial charge is 0.388 e. The number of aliphatic hydroxyl groups excluding tert-OH is 1. The average Bonchev–Trinajstić information content (AvgIpc) is 2.95. The summed E-state index contributed by atoms with van der Waals surface area (Å²) in [4.78, 5) is 12.1.